The van der Waals surface area contributed by atoms with Crippen LogP contribution >= 0.6 is 0 Å². The zero-order valence-corrected chi connectivity index (χ0v) is 12.9. The van der Waals surface area contributed by atoms with Crippen molar-refractivity contribution in [1.29, 1.82) is 0 Å². The van der Waals surface area contributed by atoms with Crippen molar-refractivity contribution in [2.24, 2.45) is 5.41 Å². The van der Waals surface area contributed by atoms with Crippen LogP contribution < -0.4 is 0 Å². The zero-order valence-electron chi connectivity index (χ0n) is 12.1. The van der Waals surface area contributed by atoms with Crippen LogP contribution in [-0.4, -0.2) is 39.5 Å². The Morgan fingerprint density at radius 1 is 1.24 bits per heavy atom. The van der Waals surface area contributed by atoms with Gasteiger partial charge < -0.3 is 4.74 Å². The predicted molar refractivity (Wildman–Crippen MR) is 74.3 cm³/mol. The van der Waals surface area contributed by atoms with Crippen LogP contribution in [0.4, 0.5) is 8.78 Å². The van der Waals surface area contributed by atoms with Crippen LogP contribution in [0, 0.1) is 17.0 Å². The highest BCUT2D eigenvalue weighted by molar-refractivity contribution is 7.89. The smallest absolute Gasteiger partial charge is 0.242 e. The number of ether oxygens (including phenoxy) is 1. The van der Waals surface area contributed by atoms with Crippen molar-refractivity contribution in [3.05, 3.63) is 29.8 Å². The average molecular weight is 319 g/mol. The molecule has 0 atom stereocenters. The summed E-state index contributed by atoms with van der Waals surface area (Å²) >= 11 is 0. The lowest BCUT2D eigenvalue weighted by atomic mass is 9.82. The minimum Gasteiger partial charge on any atom is -0.381 e. The molecule has 1 saturated heterocycles. The molecular weight excluding hydrogens is 300 g/mol. The van der Waals surface area contributed by atoms with Crippen LogP contribution in [0.2, 0.25) is 0 Å². The molecule has 1 aromatic carbocycles. The van der Waals surface area contributed by atoms with Crippen LogP contribution in [0.3, 0.4) is 0 Å². The molecule has 0 unspecified atom stereocenters. The Morgan fingerprint density at radius 2 is 1.86 bits per heavy atom. The Bertz CT molecular complexity index is 613. The lowest BCUT2D eigenvalue weighted by Gasteiger charge is -2.36. The summed E-state index contributed by atoms with van der Waals surface area (Å²) < 4.78 is 57.5. The highest BCUT2D eigenvalue weighted by Crippen LogP contribution is 2.32. The van der Waals surface area contributed by atoms with E-state index in [1.54, 1.807) is 0 Å². The molecule has 118 valence electrons. The molecule has 0 saturated carbocycles. The Kier molecular flexibility index (Phi) is 4.65. The second-order valence-corrected chi connectivity index (χ2v) is 7.80. The summed E-state index contributed by atoms with van der Waals surface area (Å²) in [6, 6.07) is 2.62. The number of hydrogen-bond donors (Lipinski definition) is 0. The second-order valence-electron chi connectivity index (χ2n) is 5.76. The van der Waals surface area contributed by atoms with Gasteiger partial charge in [-0.2, -0.15) is 0 Å². The third-order valence-electron chi connectivity index (χ3n) is 3.90. The first-order valence-electron chi connectivity index (χ1n) is 6.74. The maximum atomic E-state index is 13.2. The predicted octanol–water partition coefficient (Wildman–Crippen LogP) is 2.40. The van der Waals surface area contributed by atoms with E-state index in [2.05, 4.69) is 0 Å². The maximum Gasteiger partial charge on any atom is 0.242 e. The molecule has 0 radical (unpaired) electrons. The lowest BCUT2D eigenvalue weighted by molar-refractivity contribution is 0.0175. The van der Waals surface area contributed by atoms with Gasteiger partial charge in [-0.3, -0.25) is 0 Å². The quantitative estimate of drug-likeness (QED) is 0.856. The van der Waals surface area contributed by atoms with E-state index in [4.69, 9.17) is 4.74 Å². The van der Waals surface area contributed by atoms with Crippen molar-refractivity contribution in [2.45, 2.75) is 24.7 Å². The van der Waals surface area contributed by atoms with Crippen LogP contribution in [0.5, 0.6) is 0 Å². The van der Waals surface area contributed by atoms with E-state index < -0.39 is 21.7 Å². The van der Waals surface area contributed by atoms with Crippen molar-refractivity contribution >= 4 is 10.0 Å². The number of halogens is 2. The van der Waals surface area contributed by atoms with E-state index >= 15 is 0 Å². The van der Waals surface area contributed by atoms with Crippen LogP contribution in [0.1, 0.15) is 19.8 Å². The average Bonchev–Trinajstić information content (AvgIpc) is 2.42. The number of hydrogen-bond acceptors (Lipinski definition) is 3. The topological polar surface area (TPSA) is 46.6 Å². The number of sulfonamides is 1. The third kappa shape index (κ3) is 3.59. The fraction of sp³-hybridized carbons (Fsp3) is 0.571. The summed E-state index contributed by atoms with van der Waals surface area (Å²) in [7, 11) is -2.37. The van der Waals surface area contributed by atoms with Gasteiger partial charge in [0.2, 0.25) is 10.0 Å². The van der Waals surface area contributed by atoms with Gasteiger partial charge in [-0.15, -0.1) is 0 Å². The normalized spacial score (nSPS) is 18.9. The molecule has 0 amide bonds. The molecule has 7 heteroatoms. The van der Waals surface area contributed by atoms with Crippen LogP contribution in [0.15, 0.2) is 23.1 Å². The Balaban J connectivity index is 2.20. The fourth-order valence-corrected chi connectivity index (χ4v) is 3.80. The molecule has 0 bridgehead atoms. The Morgan fingerprint density at radius 3 is 2.43 bits per heavy atom. The summed E-state index contributed by atoms with van der Waals surface area (Å²) in [5.41, 5.74) is -0.168. The third-order valence-corrected chi connectivity index (χ3v) is 5.70. The maximum absolute atomic E-state index is 13.2. The first-order chi connectivity index (χ1) is 9.74. The first kappa shape index (κ1) is 16.3. The van der Waals surface area contributed by atoms with Crippen molar-refractivity contribution in [3.8, 4) is 0 Å². The number of rotatable bonds is 4. The van der Waals surface area contributed by atoms with Crippen molar-refractivity contribution < 1.29 is 21.9 Å². The Labute approximate surface area is 123 Å². The van der Waals surface area contributed by atoms with Crippen LogP contribution in [-0.2, 0) is 14.8 Å². The van der Waals surface area contributed by atoms with Gasteiger partial charge in [0.25, 0.3) is 0 Å². The molecule has 0 aliphatic carbocycles. The van der Waals surface area contributed by atoms with E-state index in [1.807, 2.05) is 6.92 Å². The molecule has 2 rings (SSSR count). The first-order valence-corrected chi connectivity index (χ1v) is 8.18. The van der Waals surface area contributed by atoms with Crippen molar-refractivity contribution in [3.63, 3.8) is 0 Å². The van der Waals surface area contributed by atoms with Crippen molar-refractivity contribution in [1.82, 2.24) is 4.31 Å². The molecular formula is C14H19F2NO3S. The largest absolute Gasteiger partial charge is 0.381 e. The van der Waals surface area contributed by atoms with Gasteiger partial charge in [-0.1, -0.05) is 6.92 Å². The van der Waals surface area contributed by atoms with Gasteiger partial charge in [0, 0.05) is 26.8 Å². The van der Waals surface area contributed by atoms with Crippen LogP contribution in [0.25, 0.3) is 0 Å². The summed E-state index contributed by atoms with van der Waals surface area (Å²) in [6.07, 6.45) is 1.54. The molecule has 21 heavy (non-hydrogen) atoms. The molecule has 1 heterocycles. The summed E-state index contributed by atoms with van der Waals surface area (Å²) in [5.74, 6) is -2.23. The van der Waals surface area contributed by atoms with E-state index in [-0.39, 0.29) is 10.3 Å². The fourth-order valence-electron chi connectivity index (χ4n) is 2.46. The molecule has 1 aliphatic rings. The van der Waals surface area contributed by atoms with Gasteiger partial charge >= 0.3 is 0 Å². The van der Waals surface area contributed by atoms with E-state index in [0.29, 0.717) is 25.8 Å². The second kappa shape index (κ2) is 5.98. The summed E-state index contributed by atoms with van der Waals surface area (Å²) in [5, 5.41) is 0. The minimum absolute atomic E-state index is 0.168. The highest BCUT2D eigenvalue weighted by atomic mass is 32.2. The number of nitrogens with zero attached hydrogens (tertiary/aromatic N) is 1. The van der Waals surface area contributed by atoms with E-state index in [0.717, 1.165) is 25.0 Å². The van der Waals surface area contributed by atoms with E-state index in [9.17, 15) is 17.2 Å². The molecule has 1 fully saturated rings. The molecule has 0 aromatic heterocycles. The number of benzene rings is 1. The highest BCUT2D eigenvalue weighted by Gasteiger charge is 2.33. The molecule has 0 N–H and O–H groups in total. The monoisotopic (exact) mass is 319 g/mol. The van der Waals surface area contributed by atoms with E-state index in [1.165, 1.54) is 11.4 Å². The zero-order chi connectivity index (χ0) is 15.7. The molecule has 4 nitrogen and oxygen atoms in total. The molecule has 1 aromatic rings. The van der Waals surface area contributed by atoms with Gasteiger partial charge in [-0.25, -0.2) is 21.5 Å². The summed E-state index contributed by atoms with van der Waals surface area (Å²) in [6.45, 7) is 3.54. The van der Waals surface area contributed by atoms with Crippen molar-refractivity contribution in [2.75, 3.05) is 26.8 Å². The summed E-state index contributed by atoms with van der Waals surface area (Å²) in [4.78, 5) is -0.237. The minimum atomic E-state index is -3.83. The van der Waals surface area contributed by atoms with Gasteiger partial charge in [0.15, 0.2) is 11.6 Å². The van der Waals surface area contributed by atoms with Gasteiger partial charge in [0.1, 0.15) is 0 Å². The standard InChI is InChI=1S/C14H19F2NO3S/c1-14(5-7-20-8-6-14)10-17(2)21(18,19)11-3-4-12(15)13(16)9-11/h3-4,9H,5-8,10H2,1-2H3. The molecule has 0 spiro atoms. The molecule has 1 aliphatic heterocycles. The SMILES string of the molecule is CN(CC1(C)CCOCC1)S(=O)(=O)c1ccc(F)c(F)c1. The van der Waals surface area contributed by atoms with Gasteiger partial charge in [-0.05, 0) is 36.5 Å². The lowest BCUT2D eigenvalue weighted by Crippen LogP contribution is -2.40. The Hall–Kier alpha value is -1.05. The van der Waals surface area contributed by atoms with Gasteiger partial charge in [0.05, 0.1) is 4.90 Å².